The van der Waals surface area contributed by atoms with E-state index in [1.54, 1.807) is 18.1 Å². The SMILES string of the molecule is Cn1nc(C(=O)N2CCCC(OCc3ccccn3)C2)nc1Cl. The molecule has 2 aromatic rings. The molecule has 1 amide bonds. The van der Waals surface area contributed by atoms with Crippen LogP contribution < -0.4 is 0 Å². The number of carbonyl (C=O) groups is 1. The van der Waals surface area contributed by atoms with Crippen molar-refractivity contribution >= 4 is 17.5 Å². The Morgan fingerprint density at radius 1 is 1.48 bits per heavy atom. The number of halogens is 1. The van der Waals surface area contributed by atoms with Gasteiger partial charge in [0.05, 0.1) is 18.4 Å². The van der Waals surface area contributed by atoms with E-state index in [0.29, 0.717) is 19.7 Å². The van der Waals surface area contributed by atoms with Crippen molar-refractivity contribution in [1.29, 1.82) is 0 Å². The lowest BCUT2D eigenvalue weighted by molar-refractivity contribution is -0.00818. The second-order valence-corrected chi connectivity index (χ2v) is 5.81. The maximum absolute atomic E-state index is 12.4. The van der Waals surface area contributed by atoms with Gasteiger partial charge in [0.15, 0.2) is 0 Å². The number of pyridine rings is 1. The highest BCUT2D eigenvalue weighted by Crippen LogP contribution is 2.17. The number of aromatic nitrogens is 4. The van der Waals surface area contributed by atoms with Crippen molar-refractivity contribution in [2.45, 2.75) is 25.6 Å². The van der Waals surface area contributed by atoms with Gasteiger partial charge < -0.3 is 9.64 Å². The zero-order valence-corrected chi connectivity index (χ0v) is 13.6. The van der Waals surface area contributed by atoms with E-state index in [2.05, 4.69) is 15.1 Å². The summed E-state index contributed by atoms with van der Waals surface area (Å²) in [6.45, 7) is 1.65. The number of carbonyl (C=O) groups excluding carboxylic acids is 1. The molecule has 3 rings (SSSR count). The number of hydrogen-bond donors (Lipinski definition) is 0. The minimum Gasteiger partial charge on any atom is -0.370 e. The van der Waals surface area contributed by atoms with E-state index in [1.165, 1.54) is 4.68 Å². The average molecular weight is 336 g/mol. The lowest BCUT2D eigenvalue weighted by atomic mass is 10.1. The Bertz CT molecular complexity index is 656. The van der Waals surface area contributed by atoms with E-state index in [1.807, 2.05) is 18.2 Å². The van der Waals surface area contributed by atoms with E-state index in [4.69, 9.17) is 16.3 Å². The van der Waals surface area contributed by atoms with E-state index >= 15 is 0 Å². The first kappa shape index (κ1) is 15.9. The quantitative estimate of drug-likeness (QED) is 0.850. The maximum Gasteiger partial charge on any atom is 0.293 e. The summed E-state index contributed by atoms with van der Waals surface area (Å²) in [6, 6.07) is 5.72. The Morgan fingerprint density at radius 3 is 3.04 bits per heavy atom. The molecule has 0 aromatic carbocycles. The fraction of sp³-hybridized carbons (Fsp3) is 0.467. The van der Waals surface area contributed by atoms with E-state index < -0.39 is 0 Å². The Kier molecular flexibility index (Phi) is 4.88. The smallest absolute Gasteiger partial charge is 0.293 e. The zero-order valence-electron chi connectivity index (χ0n) is 12.9. The normalized spacial score (nSPS) is 18.2. The first-order valence-corrected chi connectivity index (χ1v) is 7.88. The number of nitrogens with zero attached hydrogens (tertiary/aromatic N) is 5. The average Bonchev–Trinajstić information content (AvgIpc) is 2.92. The Hall–Kier alpha value is -1.99. The van der Waals surface area contributed by atoms with Crippen LogP contribution in [0.3, 0.4) is 0 Å². The van der Waals surface area contributed by atoms with Crippen LogP contribution in [0.2, 0.25) is 5.28 Å². The van der Waals surface area contributed by atoms with Crippen LogP contribution in [0, 0.1) is 0 Å². The summed E-state index contributed by atoms with van der Waals surface area (Å²) in [6.07, 6.45) is 3.55. The number of amides is 1. The van der Waals surface area contributed by atoms with Crippen LogP contribution in [-0.4, -0.2) is 49.7 Å². The van der Waals surface area contributed by atoms with Crippen LogP contribution in [-0.2, 0) is 18.4 Å². The molecule has 8 heteroatoms. The van der Waals surface area contributed by atoms with Gasteiger partial charge in [0.1, 0.15) is 0 Å². The lowest BCUT2D eigenvalue weighted by Crippen LogP contribution is -2.43. The Morgan fingerprint density at radius 2 is 2.35 bits per heavy atom. The summed E-state index contributed by atoms with van der Waals surface area (Å²) in [5.74, 6) is -0.0819. The topological polar surface area (TPSA) is 73.1 Å². The van der Waals surface area contributed by atoms with Crippen LogP contribution in [0.15, 0.2) is 24.4 Å². The van der Waals surface area contributed by atoms with Gasteiger partial charge in [0.25, 0.3) is 5.91 Å². The van der Waals surface area contributed by atoms with Gasteiger partial charge in [-0.3, -0.25) is 9.78 Å². The van der Waals surface area contributed by atoms with Gasteiger partial charge in [-0.15, -0.1) is 5.10 Å². The number of ether oxygens (including phenoxy) is 1. The van der Waals surface area contributed by atoms with E-state index in [9.17, 15) is 4.79 Å². The minimum absolute atomic E-state index is 0.00566. The molecule has 0 aliphatic carbocycles. The summed E-state index contributed by atoms with van der Waals surface area (Å²) in [5.41, 5.74) is 0.883. The summed E-state index contributed by atoms with van der Waals surface area (Å²) < 4.78 is 7.27. The van der Waals surface area contributed by atoms with Crippen molar-refractivity contribution in [1.82, 2.24) is 24.6 Å². The molecule has 1 saturated heterocycles. The molecular weight excluding hydrogens is 318 g/mol. The highest BCUT2D eigenvalue weighted by Gasteiger charge is 2.27. The van der Waals surface area contributed by atoms with Crippen LogP contribution in [0.4, 0.5) is 0 Å². The largest absolute Gasteiger partial charge is 0.370 e. The molecule has 0 spiro atoms. The fourth-order valence-electron chi connectivity index (χ4n) is 2.54. The summed E-state index contributed by atoms with van der Waals surface area (Å²) in [5, 5.41) is 4.24. The molecule has 3 heterocycles. The Labute approximate surface area is 139 Å². The molecule has 7 nitrogen and oxygen atoms in total. The first-order chi connectivity index (χ1) is 11.1. The van der Waals surface area contributed by atoms with Crippen LogP contribution >= 0.6 is 11.6 Å². The highest BCUT2D eigenvalue weighted by atomic mass is 35.5. The van der Waals surface area contributed by atoms with Crippen LogP contribution in [0.25, 0.3) is 0 Å². The molecule has 0 radical (unpaired) electrons. The lowest BCUT2D eigenvalue weighted by Gasteiger charge is -2.31. The monoisotopic (exact) mass is 335 g/mol. The third-order valence-corrected chi connectivity index (χ3v) is 4.09. The van der Waals surface area contributed by atoms with Crippen molar-refractivity contribution in [2.24, 2.45) is 7.05 Å². The van der Waals surface area contributed by atoms with Crippen molar-refractivity contribution in [3.63, 3.8) is 0 Å². The van der Waals surface area contributed by atoms with Gasteiger partial charge in [0, 0.05) is 26.3 Å². The maximum atomic E-state index is 12.4. The first-order valence-electron chi connectivity index (χ1n) is 7.51. The summed E-state index contributed by atoms with van der Waals surface area (Å²) in [4.78, 5) is 22.4. The summed E-state index contributed by atoms with van der Waals surface area (Å²) >= 11 is 5.85. The number of piperidine rings is 1. The molecule has 1 aliphatic heterocycles. The molecule has 1 unspecified atom stereocenters. The Balaban J connectivity index is 1.58. The molecule has 0 bridgehead atoms. The second kappa shape index (κ2) is 7.06. The van der Waals surface area contributed by atoms with Gasteiger partial charge in [-0.25, -0.2) is 4.68 Å². The number of rotatable bonds is 4. The summed E-state index contributed by atoms with van der Waals surface area (Å²) in [7, 11) is 1.65. The van der Waals surface area contributed by atoms with Crippen LogP contribution in [0.1, 0.15) is 29.2 Å². The standard InChI is InChI=1S/C15H18ClN5O2/c1-20-15(16)18-13(19-20)14(22)21-8-4-6-12(9-21)23-10-11-5-2-3-7-17-11/h2-3,5,7,12H,4,6,8-10H2,1H3. The van der Waals surface area contributed by atoms with Crippen LogP contribution in [0.5, 0.6) is 0 Å². The fourth-order valence-corrected chi connectivity index (χ4v) is 2.66. The molecule has 122 valence electrons. The zero-order chi connectivity index (χ0) is 16.2. The molecule has 0 saturated carbocycles. The third kappa shape index (κ3) is 3.86. The number of hydrogen-bond acceptors (Lipinski definition) is 5. The van der Waals surface area contributed by atoms with Gasteiger partial charge in [-0.1, -0.05) is 6.07 Å². The minimum atomic E-state index is -0.210. The van der Waals surface area contributed by atoms with E-state index in [-0.39, 0.29) is 23.1 Å². The predicted molar refractivity (Wildman–Crippen MR) is 84.0 cm³/mol. The van der Waals surface area contributed by atoms with Gasteiger partial charge >= 0.3 is 0 Å². The molecule has 0 N–H and O–H groups in total. The van der Waals surface area contributed by atoms with Gasteiger partial charge in [0.2, 0.25) is 11.1 Å². The molecular formula is C15H18ClN5O2. The molecule has 2 aromatic heterocycles. The second-order valence-electron chi connectivity index (χ2n) is 5.48. The van der Waals surface area contributed by atoms with Crippen molar-refractivity contribution in [3.8, 4) is 0 Å². The van der Waals surface area contributed by atoms with Crippen molar-refractivity contribution < 1.29 is 9.53 Å². The molecule has 23 heavy (non-hydrogen) atoms. The van der Waals surface area contributed by atoms with E-state index in [0.717, 1.165) is 18.5 Å². The third-order valence-electron chi connectivity index (χ3n) is 3.76. The molecule has 1 aliphatic rings. The van der Waals surface area contributed by atoms with Crippen molar-refractivity contribution in [2.75, 3.05) is 13.1 Å². The molecule has 1 fully saturated rings. The van der Waals surface area contributed by atoms with Gasteiger partial charge in [-0.05, 0) is 36.6 Å². The van der Waals surface area contributed by atoms with Gasteiger partial charge in [-0.2, -0.15) is 4.98 Å². The number of likely N-dealkylation sites (tertiary alicyclic amines) is 1. The molecule has 1 atom stereocenters. The predicted octanol–water partition coefficient (Wildman–Crippen LogP) is 1.68. The highest BCUT2D eigenvalue weighted by molar-refractivity contribution is 6.28. The number of aryl methyl sites for hydroxylation is 1. The van der Waals surface area contributed by atoms with Crippen molar-refractivity contribution in [3.05, 3.63) is 41.2 Å².